The van der Waals surface area contributed by atoms with Crippen molar-refractivity contribution in [1.29, 1.82) is 0 Å². The average molecular weight is 373 g/mol. The third kappa shape index (κ3) is 4.00. The summed E-state index contributed by atoms with van der Waals surface area (Å²) in [7, 11) is -3.59. The second-order valence-electron chi connectivity index (χ2n) is 6.29. The molecular formula is C19H19NO5S. The van der Waals surface area contributed by atoms with Gasteiger partial charge in [-0.2, -0.15) is 0 Å². The van der Waals surface area contributed by atoms with Crippen LogP contribution in [0.3, 0.4) is 0 Å². The number of carbonyl (C=O) groups is 2. The smallest absolute Gasteiger partial charge is 0.372 e. The minimum Gasteiger partial charge on any atom is -0.476 e. The number of carbonyl (C=O) groups excluding carboxylic acids is 1. The van der Waals surface area contributed by atoms with E-state index in [2.05, 4.69) is 4.72 Å². The van der Waals surface area contributed by atoms with E-state index in [4.69, 9.17) is 5.11 Å². The van der Waals surface area contributed by atoms with Gasteiger partial charge in [0.1, 0.15) is 0 Å². The molecular weight excluding hydrogens is 354 g/mol. The number of aliphatic carboxylic acids is 1. The van der Waals surface area contributed by atoms with Gasteiger partial charge in [0.15, 0.2) is 0 Å². The number of benzene rings is 2. The van der Waals surface area contributed by atoms with E-state index in [0.717, 1.165) is 23.1 Å². The summed E-state index contributed by atoms with van der Waals surface area (Å²) >= 11 is 0. The van der Waals surface area contributed by atoms with E-state index in [0.29, 0.717) is 12.8 Å². The van der Waals surface area contributed by atoms with Crippen molar-refractivity contribution in [2.45, 2.75) is 36.6 Å². The Hall–Kier alpha value is -2.51. The van der Waals surface area contributed by atoms with E-state index in [1.54, 1.807) is 30.3 Å². The summed E-state index contributed by atoms with van der Waals surface area (Å²) < 4.78 is 27.8. The van der Waals surface area contributed by atoms with E-state index in [1.165, 1.54) is 0 Å². The highest BCUT2D eigenvalue weighted by Gasteiger charge is 2.27. The van der Waals surface area contributed by atoms with Crippen LogP contribution in [0, 0.1) is 0 Å². The molecule has 1 unspecified atom stereocenters. The lowest BCUT2D eigenvalue weighted by Crippen LogP contribution is -2.27. The summed E-state index contributed by atoms with van der Waals surface area (Å²) in [5.74, 6) is -2.22. The predicted octanol–water partition coefficient (Wildman–Crippen LogP) is 2.24. The molecule has 0 amide bonds. The zero-order chi connectivity index (χ0) is 18.7. The topological polar surface area (TPSA) is 101 Å². The molecule has 0 fully saturated rings. The molecule has 0 aliphatic heterocycles. The van der Waals surface area contributed by atoms with E-state index in [1.807, 2.05) is 18.2 Å². The predicted molar refractivity (Wildman–Crippen MR) is 95.2 cm³/mol. The SMILES string of the molecule is O=C(O)C(=O)CCc1ccc2c(c1)CCC2NS(=O)(=O)c1ccccc1. The summed E-state index contributed by atoms with van der Waals surface area (Å²) in [4.78, 5) is 22.0. The first-order valence-corrected chi connectivity index (χ1v) is 9.80. The molecule has 2 N–H and O–H groups in total. The molecule has 2 aromatic carbocycles. The highest BCUT2D eigenvalue weighted by Crippen LogP contribution is 2.33. The largest absolute Gasteiger partial charge is 0.476 e. The first kappa shape index (κ1) is 18.3. The summed E-state index contributed by atoms with van der Waals surface area (Å²) in [5.41, 5.74) is 2.84. The first-order valence-electron chi connectivity index (χ1n) is 8.32. The first-order chi connectivity index (χ1) is 12.4. The maximum atomic E-state index is 12.5. The molecule has 3 rings (SSSR count). The number of aryl methyl sites for hydroxylation is 2. The van der Waals surface area contributed by atoms with Gasteiger partial charge in [-0.1, -0.05) is 36.4 Å². The Labute approximate surface area is 151 Å². The van der Waals surface area contributed by atoms with Crippen LogP contribution in [-0.2, 0) is 32.5 Å². The number of hydrogen-bond donors (Lipinski definition) is 2. The average Bonchev–Trinajstić information content (AvgIpc) is 3.02. The van der Waals surface area contributed by atoms with Crippen LogP contribution >= 0.6 is 0 Å². The lowest BCUT2D eigenvalue weighted by molar-refractivity contribution is -0.149. The molecule has 0 saturated heterocycles. The molecule has 0 aromatic heterocycles. The van der Waals surface area contributed by atoms with Crippen LogP contribution in [0.25, 0.3) is 0 Å². The van der Waals surface area contributed by atoms with Gasteiger partial charge in [0.25, 0.3) is 0 Å². The maximum absolute atomic E-state index is 12.5. The molecule has 136 valence electrons. The Bertz CT molecular complexity index is 938. The van der Waals surface area contributed by atoms with Crippen LogP contribution in [0.4, 0.5) is 0 Å². The summed E-state index contributed by atoms with van der Waals surface area (Å²) in [6.07, 6.45) is 1.72. The van der Waals surface area contributed by atoms with Gasteiger partial charge in [-0.25, -0.2) is 17.9 Å². The van der Waals surface area contributed by atoms with E-state index < -0.39 is 21.8 Å². The van der Waals surface area contributed by atoms with Crippen molar-refractivity contribution in [3.05, 3.63) is 65.2 Å². The van der Waals surface area contributed by atoms with Gasteiger partial charge in [0, 0.05) is 12.5 Å². The number of nitrogens with one attached hydrogen (secondary N) is 1. The number of ketones is 1. The van der Waals surface area contributed by atoms with Crippen molar-refractivity contribution in [3.8, 4) is 0 Å². The number of carboxylic acid groups (broad SMARTS) is 1. The van der Waals surface area contributed by atoms with Crippen molar-refractivity contribution >= 4 is 21.8 Å². The van der Waals surface area contributed by atoms with Gasteiger partial charge in [0.2, 0.25) is 15.8 Å². The van der Waals surface area contributed by atoms with Crippen LogP contribution in [0.5, 0.6) is 0 Å². The second kappa shape index (κ2) is 7.39. The van der Waals surface area contributed by atoms with Gasteiger partial charge in [-0.05, 0) is 48.1 Å². The molecule has 0 spiro atoms. The fourth-order valence-electron chi connectivity index (χ4n) is 3.17. The van der Waals surface area contributed by atoms with Crippen molar-refractivity contribution in [2.24, 2.45) is 0 Å². The number of carboxylic acids is 1. The monoisotopic (exact) mass is 373 g/mol. The van der Waals surface area contributed by atoms with Crippen molar-refractivity contribution in [1.82, 2.24) is 4.72 Å². The maximum Gasteiger partial charge on any atom is 0.372 e. The molecule has 6 nitrogen and oxygen atoms in total. The number of hydrogen-bond acceptors (Lipinski definition) is 4. The zero-order valence-electron chi connectivity index (χ0n) is 14.0. The second-order valence-corrected chi connectivity index (χ2v) is 8.00. The fraction of sp³-hybridized carbons (Fsp3) is 0.263. The number of rotatable bonds is 7. The number of fused-ring (bicyclic) bond motifs is 1. The Morgan fingerprint density at radius 3 is 2.54 bits per heavy atom. The quantitative estimate of drug-likeness (QED) is 0.725. The molecule has 0 heterocycles. The van der Waals surface area contributed by atoms with Crippen LogP contribution < -0.4 is 4.72 Å². The Kier molecular flexibility index (Phi) is 5.20. The van der Waals surface area contributed by atoms with Crippen molar-refractivity contribution < 1.29 is 23.1 Å². The number of Topliss-reactive ketones (excluding diaryl/α,β-unsaturated/α-hetero) is 1. The molecule has 7 heteroatoms. The summed E-state index contributed by atoms with van der Waals surface area (Å²) in [6, 6.07) is 13.6. The third-order valence-electron chi connectivity index (χ3n) is 4.52. The Balaban J connectivity index is 1.72. The highest BCUT2D eigenvalue weighted by atomic mass is 32.2. The zero-order valence-corrected chi connectivity index (χ0v) is 14.8. The van der Waals surface area contributed by atoms with Crippen molar-refractivity contribution in [2.75, 3.05) is 0 Å². The van der Waals surface area contributed by atoms with Gasteiger partial charge in [-0.3, -0.25) is 4.79 Å². The lowest BCUT2D eigenvalue weighted by Gasteiger charge is -2.15. The van der Waals surface area contributed by atoms with E-state index in [9.17, 15) is 18.0 Å². The molecule has 0 bridgehead atoms. The molecule has 1 atom stereocenters. The number of sulfonamides is 1. The third-order valence-corrected chi connectivity index (χ3v) is 6.00. The van der Waals surface area contributed by atoms with Gasteiger partial charge >= 0.3 is 5.97 Å². The Morgan fingerprint density at radius 2 is 1.85 bits per heavy atom. The molecule has 0 radical (unpaired) electrons. The van der Waals surface area contributed by atoms with Crippen molar-refractivity contribution in [3.63, 3.8) is 0 Å². The van der Waals surface area contributed by atoms with Gasteiger partial charge in [0.05, 0.1) is 4.90 Å². The van der Waals surface area contributed by atoms with Crippen LogP contribution in [0.15, 0.2) is 53.4 Å². The minimum absolute atomic E-state index is 0.0435. The van der Waals surface area contributed by atoms with Crippen LogP contribution in [0.1, 0.15) is 35.6 Å². The van der Waals surface area contributed by atoms with Gasteiger partial charge < -0.3 is 5.11 Å². The molecule has 1 aliphatic carbocycles. The van der Waals surface area contributed by atoms with Crippen LogP contribution in [-0.4, -0.2) is 25.3 Å². The minimum atomic E-state index is -3.59. The fourth-order valence-corrected chi connectivity index (χ4v) is 4.44. The molecule has 2 aromatic rings. The van der Waals surface area contributed by atoms with E-state index in [-0.39, 0.29) is 17.4 Å². The molecule has 26 heavy (non-hydrogen) atoms. The molecule has 0 saturated carbocycles. The summed E-state index contributed by atoms with van der Waals surface area (Å²) in [6.45, 7) is 0. The highest BCUT2D eigenvalue weighted by molar-refractivity contribution is 7.89. The standard InChI is InChI=1S/C19H19NO5S/c21-18(19(22)23)11-7-13-6-9-16-14(12-13)8-10-17(16)20-26(24,25)15-4-2-1-3-5-15/h1-6,9,12,17,20H,7-8,10-11H2,(H,22,23). The van der Waals surface area contributed by atoms with Crippen LogP contribution in [0.2, 0.25) is 0 Å². The Morgan fingerprint density at radius 1 is 1.12 bits per heavy atom. The molecule has 1 aliphatic rings. The van der Waals surface area contributed by atoms with E-state index >= 15 is 0 Å². The normalized spacial score (nSPS) is 16.2. The lowest BCUT2D eigenvalue weighted by atomic mass is 10.0. The summed E-state index contributed by atoms with van der Waals surface area (Å²) in [5, 5.41) is 8.64. The van der Waals surface area contributed by atoms with Gasteiger partial charge in [-0.15, -0.1) is 0 Å².